The number of hydrogen-bond acceptors (Lipinski definition) is 4. The maximum absolute atomic E-state index is 11.8. The summed E-state index contributed by atoms with van der Waals surface area (Å²) >= 11 is 0. The molecule has 2 rings (SSSR count). The van der Waals surface area contributed by atoms with E-state index in [1.807, 2.05) is 33.2 Å². The van der Waals surface area contributed by atoms with Crippen LogP contribution in [0.3, 0.4) is 0 Å². The summed E-state index contributed by atoms with van der Waals surface area (Å²) < 4.78 is 6.99. The number of carbonyl (C=O) groups is 1. The topological polar surface area (TPSA) is 68.2 Å². The van der Waals surface area contributed by atoms with Gasteiger partial charge in [0, 0.05) is 37.1 Å². The van der Waals surface area contributed by atoms with Crippen molar-refractivity contribution < 1.29 is 9.53 Å². The van der Waals surface area contributed by atoms with Crippen molar-refractivity contribution in [2.45, 2.75) is 58.2 Å². The monoisotopic (exact) mass is 320 g/mol. The van der Waals surface area contributed by atoms with E-state index in [0.717, 1.165) is 24.9 Å². The van der Waals surface area contributed by atoms with Gasteiger partial charge in [0.1, 0.15) is 5.60 Å². The smallest absolute Gasteiger partial charge is 0.407 e. The number of alkyl carbamates (subject to hydrolysis) is 1. The van der Waals surface area contributed by atoms with Crippen LogP contribution in [-0.2, 0) is 11.3 Å². The minimum atomic E-state index is -0.456. The molecule has 1 aromatic rings. The molecular formula is C17H28N4O2. The number of rotatable bonds is 6. The van der Waals surface area contributed by atoms with Crippen LogP contribution in [0.25, 0.3) is 6.20 Å². The fraction of sp³-hybridized carbons (Fsp3) is 0.647. The summed E-state index contributed by atoms with van der Waals surface area (Å²) in [5, 5.41) is 10.6. The van der Waals surface area contributed by atoms with Crippen LogP contribution >= 0.6 is 0 Å². The number of nitrogens with one attached hydrogen (secondary N) is 2. The van der Waals surface area contributed by atoms with Crippen molar-refractivity contribution in [3.63, 3.8) is 0 Å². The van der Waals surface area contributed by atoms with Crippen LogP contribution in [0, 0.1) is 5.92 Å². The molecule has 0 aromatic carbocycles. The summed E-state index contributed by atoms with van der Waals surface area (Å²) in [6, 6.07) is 0.414. The molecule has 1 heterocycles. The lowest BCUT2D eigenvalue weighted by molar-refractivity contribution is 0.0517. The van der Waals surface area contributed by atoms with Gasteiger partial charge in [-0.1, -0.05) is 13.0 Å². The fourth-order valence-corrected chi connectivity index (χ4v) is 2.90. The normalized spacial score (nSPS) is 21.2. The molecule has 2 unspecified atom stereocenters. The average molecular weight is 320 g/mol. The molecule has 0 saturated heterocycles. The van der Waals surface area contributed by atoms with Crippen molar-refractivity contribution in [2.75, 3.05) is 6.54 Å². The summed E-state index contributed by atoms with van der Waals surface area (Å²) in [6.07, 6.45) is 8.59. The molecule has 1 saturated carbocycles. The Hall–Kier alpha value is -1.82. The predicted molar refractivity (Wildman–Crippen MR) is 90.8 cm³/mol. The average Bonchev–Trinajstić information content (AvgIpc) is 3.10. The van der Waals surface area contributed by atoms with E-state index >= 15 is 0 Å². The van der Waals surface area contributed by atoms with E-state index in [1.54, 1.807) is 10.9 Å². The molecule has 0 bridgehead atoms. The van der Waals surface area contributed by atoms with Crippen LogP contribution in [-0.4, -0.2) is 34.1 Å². The highest BCUT2D eigenvalue weighted by atomic mass is 16.6. The lowest BCUT2D eigenvalue weighted by atomic mass is 10.0. The van der Waals surface area contributed by atoms with Gasteiger partial charge in [-0.2, -0.15) is 5.10 Å². The Morgan fingerprint density at radius 3 is 2.96 bits per heavy atom. The molecule has 0 radical (unpaired) electrons. The summed E-state index contributed by atoms with van der Waals surface area (Å²) in [5.41, 5.74) is 0.679. The van der Waals surface area contributed by atoms with Gasteiger partial charge < -0.3 is 15.4 Å². The lowest BCUT2D eigenvalue weighted by Crippen LogP contribution is -2.40. The zero-order valence-electron chi connectivity index (χ0n) is 14.3. The second kappa shape index (κ2) is 7.64. The largest absolute Gasteiger partial charge is 0.444 e. The third-order valence-electron chi connectivity index (χ3n) is 3.98. The molecule has 23 heavy (non-hydrogen) atoms. The molecular weight excluding hydrogens is 292 g/mol. The van der Waals surface area contributed by atoms with Gasteiger partial charge in [-0.25, -0.2) is 9.48 Å². The second-order valence-corrected chi connectivity index (χ2v) is 7.07. The van der Waals surface area contributed by atoms with Crippen LogP contribution in [0.2, 0.25) is 0 Å². The molecule has 2 N–H and O–H groups in total. The number of hydrogen-bond donors (Lipinski definition) is 2. The number of carbonyl (C=O) groups excluding carboxylic acids is 1. The maximum atomic E-state index is 11.8. The van der Waals surface area contributed by atoms with Crippen LogP contribution in [0.5, 0.6) is 0 Å². The molecule has 6 nitrogen and oxygen atoms in total. The van der Waals surface area contributed by atoms with Gasteiger partial charge in [0.2, 0.25) is 0 Å². The van der Waals surface area contributed by atoms with Gasteiger partial charge in [0.05, 0.1) is 6.20 Å². The molecule has 1 amide bonds. The van der Waals surface area contributed by atoms with Gasteiger partial charge >= 0.3 is 6.09 Å². The highest BCUT2D eigenvalue weighted by Crippen LogP contribution is 2.25. The highest BCUT2D eigenvalue weighted by molar-refractivity contribution is 5.67. The zero-order valence-corrected chi connectivity index (χ0v) is 14.3. The summed E-state index contributed by atoms with van der Waals surface area (Å²) in [5.74, 6) is 0.442. The first-order valence-corrected chi connectivity index (χ1v) is 8.23. The van der Waals surface area contributed by atoms with Gasteiger partial charge in [-0.3, -0.25) is 0 Å². The molecule has 6 heteroatoms. The molecule has 1 aliphatic rings. The first kappa shape index (κ1) is 17.5. The van der Waals surface area contributed by atoms with Crippen LogP contribution in [0.4, 0.5) is 4.79 Å². The first-order valence-electron chi connectivity index (χ1n) is 8.23. The molecule has 1 aliphatic carbocycles. The Balaban J connectivity index is 1.76. The predicted octanol–water partition coefficient (Wildman–Crippen LogP) is 2.77. The summed E-state index contributed by atoms with van der Waals surface area (Å²) in [6.45, 7) is 10.7. The van der Waals surface area contributed by atoms with Crippen molar-refractivity contribution >= 4 is 12.3 Å². The minimum absolute atomic E-state index is 0.338. The summed E-state index contributed by atoms with van der Waals surface area (Å²) in [4.78, 5) is 11.8. The Morgan fingerprint density at radius 2 is 2.30 bits per heavy atom. The Labute approximate surface area is 138 Å². The number of aromatic nitrogens is 2. The number of ether oxygens (including phenoxy) is 1. The Kier molecular flexibility index (Phi) is 5.82. The molecule has 1 aromatic heterocycles. The van der Waals surface area contributed by atoms with Crippen LogP contribution in [0.1, 0.15) is 45.6 Å². The summed E-state index contributed by atoms with van der Waals surface area (Å²) in [7, 11) is 0. The van der Waals surface area contributed by atoms with Crippen molar-refractivity contribution in [1.29, 1.82) is 0 Å². The molecule has 2 atom stereocenters. The fourth-order valence-electron chi connectivity index (χ4n) is 2.90. The third-order valence-corrected chi connectivity index (χ3v) is 3.98. The third kappa shape index (κ3) is 5.71. The van der Waals surface area contributed by atoms with Gasteiger partial charge in [0.25, 0.3) is 0 Å². The minimum Gasteiger partial charge on any atom is -0.444 e. The van der Waals surface area contributed by atoms with Crippen molar-refractivity contribution in [3.05, 3.63) is 24.5 Å². The van der Waals surface area contributed by atoms with E-state index in [1.165, 1.54) is 6.42 Å². The maximum Gasteiger partial charge on any atom is 0.407 e. The lowest BCUT2D eigenvalue weighted by Gasteiger charge is -2.23. The van der Waals surface area contributed by atoms with E-state index in [-0.39, 0.29) is 6.09 Å². The molecule has 128 valence electrons. The van der Waals surface area contributed by atoms with Crippen molar-refractivity contribution in [1.82, 2.24) is 20.4 Å². The van der Waals surface area contributed by atoms with E-state index in [2.05, 4.69) is 22.3 Å². The molecule has 0 aliphatic heterocycles. The number of amides is 1. The van der Waals surface area contributed by atoms with Gasteiger partial charge in [-0.05, 0) is 39.5 Å². The quantitative estimate of drug-likeness (QED) is 0.846. The van der Waals surface area contributed by atoms with Crippen LogP contribution in [0.15, 0.2) is 19.0 Å². The first-order chi connectivity index (χ1) is 10.9. The highest BCUT2D eigenvalue weighted by Gasteiger charge is 2.27. The van der Waals surface area contributed by atoms with E-state index < -0.39 is 5.60 Å². The molecule has 1 fully saturated rings. The molecule has 0 spiro atoms. The SMILES string of the molecule is C=Cn1cc(CNC2CCCC2CNC(=O)OC(C)(C)C)cn1. The van der Waals surface area contributed by atoms with Crippen molar-refractivity contribution in [3.8, 4) is 0 Å². The Morgan fingerprint density at radius 1 is 1.52 bits per heavy atom. The van der Waals surface area contributed by atoms with Crippen LogP contribution < -0.4 is 10.6 Å². The number of nitrogens with zero attached hydrogens (tertiary/aromatic N) is 2. The Bertz CT molecular complexity index is 533. The standard InChI is InChI=1S/C17H28N4O2/c1-5-21-12-13(10-20-21)9-18-15-8-6-7-14(15)11-19-16(22)23-17(2,3)4/h5,10,12,14-15,18H,1,6-9,11H2,2-4H3,(H,19,22). The zero-order chi connectivity index (χ0) is 16.9. The van der Waals surface area contributed by atoms with Gasteiger partial charge in [0.15, 0.2) is 0 Å². The van der Waals surface area contributed by atoms with E-state index in [4.69, 9.17) is 4.74 Å². The van der Waals surface area contributed by atoms with E-state index in [9.17, 15) is 4.79 Å². The van der Waals surface area contributed by atoms with Gasteiger partial charge in [-0.15, -0.1) is 0 Å². The van der Waals surface area contributed by atoms with Crippen molar-refractivity contribution in [2.24, 2.45) is 5.92 Å². The van der Waals surface area contributed by atoms with E-state index in [0.29, 0.717) is 18.5 Å². The second-order valence-electron chi connectivity index (χ2n) is 7.07.